The maximum absolute atomic E-state index is 15.3. The molecule has 0 aliphatic carbocycles. The molecule has 2 amide bonds. The Hall–Kier alpha value is -9.65. The number of piperidine rings is 5. The highest BCUT2D eigenvalue weighted by atomic mass is 32.2. The standard InChI is InChI=1S/2C31H39FN6O4S.C29H38FN5O4S/c1-42-30-23(20-43(2,40)41)14-21(17-33-30)28-26-16-24(32)15-22(29(26)35-31(34-28)37-10-5-3-6-11-37)18-36-13-9-25(19-36)38-12-7-4-8-27(38)39;1-42-30-23(20-43(2,40)41)15-21(18-33-30)28-26-17-24(32)16-22(29(26)35-31(34-28)37-10-4-3-5-11-37)19-36-13-8-25(9-14-36)38-12-6-7-27(38)39;1-29(2,36)24-9-8-12-35(24)17-20-14-22(30)15-23-25(32-28(33-26(20)23)34-10-6-5-7-11-34)19-13-21(18-40(4,37)38)27(39-3)31-16-19/h14-17,25H,3-13,18-20H2,1-2H3;15-18,25H,3-14,19-20H2,1-2H3;13-16,24,36H,5-12,17-18H2,1-4H3/t25-;;24-/m1.0/s1. The van der Waals surface area contributed by atoms with Crippen molar-refractivity contribution in [2.45, 2.75) is 196 Å². The summed E-state index contributed by atoms with van der Waals surface area (Å²) in [7, 11) is -5.75. The number of aliphatic hydroxyl groups is 1. The van der Waals surface area contributed by atoms with Gasteiger partial charge < -0.3 is 43.8 Å². The molecule has 35 heteroatoms. The number of sulfone groups is 3. The zero-order valence-electron chi connectivity index (χ0n) is 73.4. The predicted molar refractivity (Wildman–Crippen MR) is 480 cm³/mol. The number of fused-ring (bicyclic) bond motifs is 3. The lowest BCUT2D eigenvalue weighted by atomic mass is 9.96. The Morgan fingerprint density at radius 2 is 0.746 bits per heavy atom. The lowest BCUT2D eigenvalue weighted by Gasteiger charge is -2.36. The van der Waals surface area contributed by atoms with Crippen LogP contribution >= 0.6 is 0 Å². The van der Waals surface area contributed by atoms with Crippen LogP contribution in [0.4, 0.5) is 31.0 Å². The van der Waals surface area contributed by atoms with Crippen LogP contribution in [-0.4, -0.2) is 260 Å². The summed E-state index contributed by atoms with van der Waals surface area (Å²) in [5.41, 5.74) is 7.89. The Kier molecular flexibility index (Phi) is 28.3. The molecule has 8 aliphatic rings. The van der Waals surface area contributed by atoms with Crippen LogP contribution in [0.3, 0.4) is 0 Å². The van der Waals surface area contributed by atoms with E-state index in [0.29, 0.717) is 133 Å². The second kappa shape index (κ2) is 39.1. The molecule has 17 rings (SSSR count). The van der Waals surface area contributed by atoms with Crippen LogP contribution in [0.5, 0.6) is 17.6 Å². The second-order valence-corrected chi connectivity index (χ2v) is 42.2. The van der Waals surface area contributed by atoms with Crippen molar-refractivity contribution in [3.8, 4) is 51.4 Å². The number of halogens is 3. The number of amides is 2. The molecule has 676 valence electrons. The Balaban J connectivity index is 0.000000146. The van der Waals surface area contributed by atoms with E-state index in [1.54, 1.807) is 48.9 Å². The molecule has 2 atom stereocenters. The van der Waals surface area contributed by atoms with Crippen molar-refractivity contribution in [3.63, 3.8) is 0 Å². The summed E-state index contributed by atoms with van der Waals surface area (Å²) >= 11 is 0. The zero-order chi connectivity index (χ0) is 88.9. The van der Waals surface area contributed by atoms with E-state index in [2.05, 4.69) is 44.4 Å². The molecule has 0 spiro atoms. The van der Waals surface area contributed by atoms with Crippen LogP contribution in [0.25, 0.3) is 66.5 Å². The Bertz CT molecular complexity index is 5870. The van der Waals surface area contributed by atoms with Crippen LogP contribution in [0.1, 0.15) is 169 Å². The normalized spacial score (nSPS) is 19.4. The summed E-state index contributed by atoms with van der Waals surface area (Å²) < 4.78 is 135. The highest BCUT2D eigenvalue weighted by Crippen LogP contribution is 2.41. The van der Waals surface area contributed by atoms with Gasteiger partial charge in [-0.05, 0) is 201 Å². The van der Waals surface area contributed by atoms with Gasteiger partial charge in [0.25, 0.3) is 0 Å². The molecule has 3 aromatic carbocycles. The van der Waals surface area contributed by atoms with Gasteiger partial charge >= 0.3 is 0 Å². The summed E-state index contributed by atoms with van der Waals surface area (Å²) in [6.07, 6.45) is 26.7. The number of aromatic nitrogens is 9. The number of likely N-dealkylation sites (tertiary alicyclic amines) is 5. The third-order valence-corrected chi connectivity index (χ3v) is 27.8. The van der Waals surface area contributed by atoms with Crippen molar-refractivity contribution in [3.05, 3.63) is 124 Å². The minimum Gasteiger partial charge on any atom is -0.481 e. The maximum Gasteiger partial charge on any atom is 0.226 e. The van der Waals surface area contributed by atoms with Crippen molar-refractivity contribution in [2.24, 2.45) is 0 Å². The van der Waals surface area contributed by atoms with Gasteiger partial charge in [0.2, 0.25) is 47.3 Å². The van der Waals surface area contributed by atoms with Gasteiger partial charge in [-0.1, -0.05) is 0 Å². The molecule has 0 saturated carbocycles. The second-order valence-electron chi connectivity index (χ2n) is 35.7. The molecule has 1 N–H and O–H groups in total. The van der Waals surface area contributed by atoms with Gasteiger partial charge in [0, 0.05) is 216 Å². The van der Waals surface area contributed by atoms with Gasteiger partial charge in [-0.2, -0.15) is 0 Å². The molecule has 0 radical (unpaired) electrons. The van der Waals surface area contributed by atoms with Crippen molar-refractivity contribution in [1.82, 2.24) is 69.4 Å². The van der Waals surface area contributed by atoms with Gasteiger partial charge in [0.1, 0.15) is 17.5 Å². The van der Waals surface area contributed by atoms with Gasteiger partial charge in [0.05, 0.1) is 77.8 Å². The largest absolute Gasteiger partial charge is 0.481 e. The molecule has 9 aromatic rings. The van der Waals surface area contributed by atoms with Crippen LogP contribution in [0.15, 0.2) is 73.2 Å². The van der Waals surface area contributed by atoms with E-state index in [9.17, 15) is 39.9 Å². The first-order chi connectivity index (χ1) is 60.3. The molecule has 8 aliphatic heterocycles. The molecule has 0 bridgehead atoms. The van der Waals surface area contributed by atoms with Crippen LogP contribution in [0, 0.1) is 17.5 Å². The molecule has 126 heavy (non-hydrogen) atoms. The van der Waals surface area contributed by atoms with E-state index in [0.717, 1.165) is 217 Å². The number of hydrogen-bond acceptors (Lipinski definition) is 27. The Morgan fingerprint density at radius 3 is 1.12 bits per heavy atom. The number of nitrogens with zero attached hydrogens (tertiary/aromatic N) is 17. The fourth-order valence-corrected chi connectivity index (χ4v) is 21.8. The molecular formula is C91H116F3N17O12S3. The minimum atomic E-state index is -3.37. The molecule has 8 fully saturated rings. The third-order valence-electron chi connectivity index (χ3n) is 25.3. The quantitative estimate of drug-likeness (QED) is 0.0587. The number of rotatable bonds is 24. The number of carbonyl (C=O) groups excluding carboxylic acids is 2. The predicted octanol–water partition coefficient (Wildman–Crippen LogP) is 12.0. The molecule has 6 aromatic heterocycles. The number of anilines is 3. The fraction of sp³-hybridized carbons (Fsp3) is 0.549. The van der Waals surface area contributed by atoms with Crippen LogP contribution in [0.2, 0.25) is 0 Å². The summed E-state index contributed by atoms with van der Waals surface area (Å²) in [5.74, 6) is 1.01. The van der Waals surface area contributed by atoms with Crippen molar-refractivity contribution in [1.29, 1.82) is 0 Å². The lowest BCUT2D eigenvalue weighted by molar-refractivity contribution is -0.135. The van der Waals surface area contributed by atoms with E-state index in [1.807, 2.05) is 23.6 Å². The average Bonchev–Trinajstić information content (AvgIpc) is 0.941. The highest BCUT2D eigenvalue weighted by Gasteiger charge is 2.39. The molecule has 14 heterocycles. The topological polar surface area (TPSA) is 326 Å². The summed E-state index contributed by atoms with van der Waals surface area (Å²) in [6, 6.07) is 14.6. The van der Waals surface area contributed by atoms with Gasteiger partial charge in [-0.3, -0.25) is 24.3 Å². The monoisotopic (exact) mass is 1790 g/mol. The van der Waals surface area contributed by atoms with E-state index in [-0.39, 0.29) is 70.7 Å². The number of methoxy groups -OCH3 is 3. The number of pyridine rings is 3. The first-order valence-electron chi connectivity index (χ1n) is 44.2. The summed E-state index contributed by atoms with van der Waals surface area (Å²) in [6.45, 7) is 15.8. The Morgan fingerprint density at radius 1 is 0.397 bits per heavy atom. The number of hydrogen-bond donors (Lipinski definition) is 1. The smallest absolute Gasteiger partial charge is 0.226 e. The van der Waals surface area contributed by atoms with Gasteiger partial charge in [0.15, 0.2) is 29.5 Å². The van der Waals surface area contributed by atoms with E-state index in [4.69, 9.17) is 44.1 Å². The fourth-order valence-electron chi connectivity index (χ4n) is 19.5. The molecular weight excluding hydrogens is 1680 g/mol. The SMILES string of the molecule is COc1ncc(-c2nc(N3CCCCC3)nc3c(CN4CCC(N5CCCC5=O)CC4)cc(F)cc23)cc1CS(C)(=O)=O.COc1ncc(-c2nc(N3CCCCC3)nc3c(CN4CCC[C@H]4C(C)(C)O)cc(F)cc23)cc1CS(C)(=O)=O.COc1ncc(-c2nc(N3CCCCC3)nc3c(CN4CC[C@@H](N5CCCCC5=O)C4)cc(F)cc23)cc1CS(C)(=O)=O. The Labute approximate surface area is 736 Å². The zero-order valence-corrected chi connectivity index (χ0v) is 75.9. The summed E-state index contributed by atoms with van der Waals surface area (Å²) in [4.78, 5) is 85.2. The van der Waals surface area contributed by atoms with Crippen LogP contribution in [-0.2, 0) is 76.0 Å². The van der Waals surface area contributed by atoms with E-state index >= 15 is 13.2 Å². The highest BCUT2D eigenvalue weighted by molar-refractivity contribution is 7.90. The third kappa shape index (κ3) is 22.0. The lowest BCUT2D eigenvalue weighted by Crippen LogP contribution is -2.45. The van der Waals surface area contributed by atoms with E-state index in [1.165, 1.54) is 58.1 Å². The minimum absolute atomic E-state index is 0.0435. The first kappa shape index (κ1) is 91.1. The van der Waals surface area contributed by atoms with Crippen molar-refractivity contribution in [2.75, 3.05) is 140 Å². The van der Waals surface area contributed by atoms with Gasteiger partial charge in [-0.25, -0.2) is 83.3 Å². The number of ether oxygens (including phenoxy) is 3. The number of carbonyl (C=O) groups is 2. The van der Waals surface area contributed by atoms with E-state index < -0.39 is 46.7 Å². The van der Waals surface area contributed by atoms with Crippen LogP contribution < -0.4 is 28.9 Å². The number of benzene rings is 3. The van der Waals surface area contributed by atoms with Gasteiger partial charge in [-0.15, -0.1) is 0 Å². The average molecular weight is 1790 g/mol. The summed E-state index contributed by atoms with van der Waals surface area (Å²) in [5, 5.41) is 12.4. The van der Waals surface area contributed by atoms with Crippen molar-refractivity contribution >= 4 is 91.9 Å². The maximum atomic E-state index is 15.3. The molecule has 29 nitrogen and oxygen atoms in total. The van der Waals surface area contributed by atoms with Crippen molar-refractivity contribution < 1.29 is 67.3 Å². The molecule has 8 saturated heterocycles. The molecule has 0 unspecified atom stereocenters. The first-order valence-corrected chi connectivity index (χ1v) is 50.4.